The number of fused-ring (bicyclic) bond motifs is 4. The van der Waals surface area contributed by atoms with Crippen LogP contribution >= 0.6 is 0 Å². The summed E-state index contributed by atoms with van der Waals surface area (Å²) in [6.07, 6.45) is 11.9. The normalized spacial score (nSPS) is 29.7. The number of likely N-dealkylation sites (tertiary alicyclic amines) is 1. The van der Waals surface area contributed by atoms with E-state index < -0.39 is 5.60 Å². The zero-order valence-corrected chi connectivity index (χ0v) is 22.4. The van der Waals surface area contributed by atoms with Gasteiger partial charge < -0.3 is 20.9 Å². The Balaban J connectivity index is 1.09. The lowest BCUT2D eigenvalue weighted by Gasteiger charge is -2.51. The summed E-state index contributed by atoms with van der Waals surface area (Å²) in [5.41, 5.74) is 8.61. The molecular formula is C30H38N6O3. The molecule has 9 nitrogen and oxygen atoms in total. The molecule has 4 heterocycles. The topological polar surface area (TPSA) is 119 Å². The molecule has 2 bridgehead atoms. The predicted molar refractivity (Wildman–Crippen MR) is 149 cm³/mol. The predicted octanol–water partition coefficient (Wildman–Crippen LogP) is 3.67. The number of hydrogen-bond acceptors (Lipinski definition) is 7. The van der Waals surface area contributed by atoms with Crippen molar-refractivity contribution in [2.75, 3.05) is 32.0 Å². The van der Waals surface area contributed by atoms with Gasteiger partial charge in [-0.25, -0.2) is 4.98 Å². The monoisotopic (exact) mass is 530 g/mol. The van der Waals surface area contributed by atoms with Gasteiger partial charge in [-0.1, -0.05) is 6.07 Å². The molecule has 3 aliphatic carbocycles. The number of carbonyl (C=O) groups excluding carboxylic acids is 1. The van der Waals surface area contributed by atoms with E-state index in [1.165, 1.54) is 0 Å². The molecule has 0 spiro atoms. The third kappa shape index (κ3) is 4.70. The Morgan fingerprint density at radius 1 is 1.03 bits per heavy atom. The fourth-order valence-corrected chi connectivity index (χ4v) is 7.25. The van der Waals surface area contributed by atoms with Gasteiger partial charge in [-0.05, 0) is 81.5 Å². The molecule has 4 N–H and O–H groups in total. The molecule has 39 heavy (non-hydrogen) atoms. The number of benzene rings is 1. The Hall–Kier alpha value is -3.01. The number of rotatable bonds is 5. The van der Waals surface area contributed by atoms with Gasteiger partial charge in [0.25, 0.3) is 5.91 Å². The summed E-state index contributed by atoms with van der Waals surface area (Å²) in [5, 5.41) is 19.8. The quantitative estimate of drug-likeness (QED) is 0.461. The van der Waals surface area contributed by atoms with Crippen molar-refractivity contribution in [2.45, 2.75) is 81.0 Å². The second-order valence-corrected chi connectivity index (χ2v) is 12.3. The Bertz CT molecular complexity index is 1370. The number of nitrogens with zero attached hydrogens (tertiary/aromatic N) is 4. The highest BCUT2D eigenvalue weighted by molar-refractivity contribution is 6.00. The van der Waals surface area contributed by atoms with E-state index in [2.05, 4.69) is 32.1 Å². The molecule has 1 aromatic carbocycles. The molecule has 3 aromatic rings. The third-order valence-electron chi connectivity index (χ3n) is 9.88. The van der Waals surface area contributed by atoms with Gasteiger partial charge in [-0.3, -0.25) is 14.4 Å². The van der Waals surface area contributed by atoms with Crippen molar-refractivity contribution in [3.63, 3.8) is 0 Å². The summed E-state index contributed by atoms with van der Waals surface area (Å²) in [4.78, 5) is 20.4. The molecule has 1 unspecified atom stereocenters. The Labute approximate surface area is 228 Å². The lowest BCUT2D eigenvalue weighted by Crippen LogP contribution is -2.58. The van der Waals surface area contributed by atoms with Crippen LogP contribution in [-0.4, -0.2) is 74.2 Å². The molecule has 2 aromatic heterocycles. The van der Waals surface area contributed by atoms with Gasteiger partial charge in [0.2, 0.25) is 0 Å². The molecule has 206 valence electrons. The highest BCUT2D eigenvalue weighted by Gasteiger charge is 2.48. The Morgan fingerprint density at radius 2 is 1.79 bits per heavy atom. The van der Waals surface area contributed by atoms with E-state index >= 15 is 0 Å². The van der Waals surface area contributed by atoms with E-state index in [0.717, 1.165) is 106 Å². The number of carbonyl (C=O) groups is 1. The fourth-order valence-electron chi connectivity index (χ4n) is 7.25. The standard InChI is InChI=1S/C30H38N6O3/c31-27-25(28(37)33-29-6-9-30(38,10-7-29)11-8-29)16-21(17-32-27)20-1-2-26-22(15-20)18-36(34-26)24-3-12-35(19-24)23-4-13-39-14-5-23/h1-2,15-18,23-24,38H,3-14,19H2,(H2,31,32)(H,33,37). The SMILES string of the molecule is Nc1ncc(-c2ccc3nn(C4CCN(C5CCOCC5)C4)cc3c2)cc1C(=O)NC12CCC(O)(CC1)CC2. The molecule has 8 rings (SSSR count). The number of amides is 1. The first-order valence-electron chi connectivity index (χ1n) is 14.5. The van der Waals surface area contributed by atoms with Crippen LogP contribution in [0.2, 0.25) is 0 Å². The number of nitrogens with one attached hydrogen (secondary N) is 1. The minimum atomic E-state index is -0.540. The Morgan fingerprint density at radius 3 is 2.56 bits per heavy atom. The van der Waals surface area contributed by atoms with Crippen molar-refractivity contribution in [3.05, 3.63) is 42.2 Å². The lowest BCUT2D eigenvalue weighted by atomic mass is 9.63. The van der Waals surface area contributed by atoms with Crippen molar-refractivity contribution in [1.82, 2.24) is 25.0 Å². The molecule has 2 saturated heterocycles. The number of nitrogens with two attached hydrogens (primary N) is 1. The number of aromatic nitrogens is 3. The maximum atomic E-state index is 13.4. The average Bonchev–Trinajstić information content (AvgIpc) is 3.62. The number of nitrogen functional groups attached to an aromatic ring is 1. The number of anilines is 1. The van der Waals surface area contributed by atoms with Gasteiger partial charge in [0.1, 0.15) is 5.82 Å². The van der Waals surface area contributed by atoms with E-state index in [9.17, 15) is 9.90 Å². The molecule has 1 atom stereocenters. The summed E-state index contributed by atoms with van der Waals surface area (Å²) >= 11 is 0. The summed E-state index contributed by atoms with van der Waals surface area (Å²) in [6.45, 7) is 3.89. The van der Waals surface area contributed by atoms with Gasteiger partial charge in [0.15, 0.2) is 0 Å². The van der Waals surface area contributed by atoms with Crippen LogP contribution in [0.3, 0.4) is 0 Å². The van der Waals surface area contributed by atoms with E-state index in [-0.39, 0.29) is 17.3 Å². The first-order valence-corrected chi connectivity index (χ1v) is 14.5. The van der Waals surface area contributed by atoms with Crippen LogP contribution in [0.4, 0.5) is 5.82 Å². The second kappa shape index (κ2) is 9.57. The van der Waals surface area contributed by atoms with Crippen LogP contribution in [0, 0.1) is 0 Å². The van der Waals surface area contributed by atoms with Crippen LogP contribution in [-0.2, 0) is 4.74 Å². The van der Waals surface area contributed by atoms with Gasteiger partial charge in [-0.2, -0.15) is 5.10 Å². The second-order valence-electron chi connectivity index (χ2n) is 12.3. The minimum Gasteiger partial charge on any atom is -0.390 e. The summed E-state index contributed by atoms with van der Waals surface area (Å²) in [6, 6.07) is 9.08. The molecule has 0 radical (unpaired) electrons. The van der Waals surface area contributed by atoms with Crippen molar-refractivity contribution in [2.24, 2.45) is 0 Å². The maximum Gasteiger partial charge on any atom is 0.255 e. The Kier molecular flexibility index (Phi) is 6.13. The first-order chi connectivity index (χ1) is 18.9. The van der Waals surface area contributed by atoms with Crippen molar-refractivity contribution in [3.8, 4) is 11.1 Å². The number of aliphatic hydroxyl groups is 1. The van der Waals surface area contributed by atoms with Crippen LogP contribution in [0.15, 0.2) is 36.7 Å². The van der Waals surface area contributed by atoms with Crippen LogP contribution in [0.25, 0.3) is 22.0 Å². The lowest BCUT2D eigenvalue weighted by molar-refractivity contribution is -0.0702. The smallest absolute Gasteiger partial charge is 0.255 e. The van der Waals surface area contributed by atoms with Crippen molar-refractivity contribution < 1.29 is 14.6 Å². The average molecular weight is 531 g/mol. The summed E-state index contributed by atoms with van der Waals surface area (Å²) in [7, 11) is 0. The van der Waals surface area contributed by atoms with E-state index in [1.54, 1.807) is 6.20 Å². The zero-order chi connectivity index (χ0) is 26.6. The molecule has 5 aliphatic rings. The molecule has 1 amide bonds. The summed E-state index contributed by atoms with van der Waals surface area (Å²) < 4.78 is 7.69. The van der Waals surface area contributed by atoms with Crippen LogP contribution in [0.5, 0.6) is 0 Å². The van der Waals surface area contributed by atoms with Gasteiger partial charge in [0.05, 0.1) is 22.7 Å². The first kappa shape index (κ1) is 25.0. The van der Waals surface area contributed by atoms with Gasteiger partial charge >= 0.3 is 0 Å². The molecule has 9 heteroatoms. The van der Waals surface area contributed by atoms with Crippen molar-refractivity contribution >= 4 is 22.6 Å². The third-order valence-corrected chi connectivity index (χ3v) is 9.88. The highest BCUT2D eigenvalue weighted by Crippen LogP contribution is 2.47. The highest BCUT2D eigenvalue weighted by atomic mass is 16.5. The van der Waals surface area contributed by atoms with Gasteiger partial charge in [0, 0.05) is 61.2 Å². The molecule has 3 saturated carbocycles. The molecule has 2 aliphatic heterocycles. The van der Waals surface area contributed by atoms with Gasteiger partial charge in [-0.15, -0.1) is 0 Å². The van der Waals surface area contributed by atoms with Crippen molar-refractivity contribution in [1.29, 1.82) is 0 Å². The van der Waals surface area contributed by atoms with E-state index in [4.69, 9.17) is 15.6 Å². The van der Waals surface area contributed by atoms with Crippen LogP contribution < -0.4 is 11.1 Å². The summed E-state index contributed by atoms with van der Waals surface area (Å²) in [5.74, 6) is 0.0541. The fraction of sp³-hybridized carbons (Fsp3) is 0.567. The zero-order valence-electron chi connectivity index (χ0n) is 22.4. The largest absolute Gasteiger partial charge is 0.390 e. The van der Waals surface area contributed by atoms with E-state index in [0.29, 0.717) is 17.6 Å². The van der Waals surface area contributed by atoms with Crippen LogP contribution in [0.1, 0.15) is 74.2 Å². The molecular weight excluding hydrogens is 492 g/mol. The number of hydrogen-bond donors (Lipinski definition) is 3. The maximum absolute atomic E-state index is 13.4. The number of pyridine rings is 1. The van der Waals surface area contributed by atoms with E-state index in [1.807, 2.05) is 18.2 Å². The minimum absolute atomic E-state index is 0.182. The number of ether oxygens (including phenoxy) is 1. The molecule has 5 fully saturated rings.